The normalized spacial score (nSPS) is 24.6. The van der Waals surface area contributed by atoms with E-state index < -0.39 is 5.60 Å². The molecule has 0 radical (unpaired) electrons. The highest BCUT2D eigenvalue weighted by Crippen LogP contribution is 2.49. The number of piperidine rings is 1. The van der Waals surface area contributed by atoms with Gasteiger partial charge in [0.15, 0.2) is 0 Å². The second kappa shape index (κ2) is 9.85. The molecule has 5 nitrogen and oxygen atoms in total. The second-order valence-electron chi connectivity index (χ2n) is 11.7. The Morgan fingerprint density at radius 3 is 2.44 bits per heavy atom. The fourth-order valence-corrected chi connectivity index (χ4v) is 6.99. The maximum Gasteiger partial charge on any atom is 0.410 e. The van der Waals surface area contributed by atoms with Crippen LogP contribution < -0.4 is 0 Å². The van der Waals surface area contributed by atoms with Crippen LogP contribution in [-0.4, -0.2) is 53.6 Å². The van der Waals surface area contributed by atoms with Crippen molar-refractivity contribution in [1.82, 2.24) is 9.80 Å². The molecule has 0 aromatic heterocycles. The van der Waals surface area contributed by atoms with E-state index in [0.29, 0.717) is 19.0 Å². The molecule has 0 saturated carbocycles. The molecule has 2 aromatic carbocycles. The molecular weight excluding hydrogens is 516 g/mol. The average molecular weight is 554 g/mol. The molecule has 2 heterocycles. The standard InChI is InChI=1S/C30H37BrN2O3/c1-29(2,3)36-28(35)33-19-26(30(20-33)15-7-10-23-18-24(31)11-12-25(23)30)27(34)32-16-13-22(14-17-32)21-8-5-4-6-9-21/h4-6,8-9,11-12,18,22,26H,7,10,13-17,19-20H2,1-3H3/t26-,30?/m0/s1. The number of carbonyl (C=O) groups excluding carboxylic acids is 2. The number of carbonyl (C=O) groups is 2. The fraction of sp³-hybridized carbons (Fsp3) is 0.533. The lowest BCUT2D eigenvalue weighted by atomic mass is 9.64. The lowest BCUT2D eigenvalue weighted by Crippen LogP contribution is -2.49. The summed E-state index contributed by atoms with van der Waals surface area (Å²) in [6.07, 6.45) is 4.59. The Bertz CT molecular complexity index is 1120. The van der Waals surface area contributed by atoms with Crippen LogP contribution in [0, 0.1) is 5.92 Å². The summed E-state index contributed by atoms with van der Waals surface area (Å²) in [5.74, 6) is 0.445. The number of hydrogen-bond acceptors (Lipinski definition) is 3. The highest BCUT2D eigenvalue weighted by molar-refractivity contribution is 9.10. The number of fused-ring (bicyclic) bond motifs is 2. The summed E-state index contributed by atoms with van der Waals surface area (Å²) in [7, 11) is 0. The van der Waals surface area contributed by atoms with Gasteiger partial charge < -0.3 is 14.5 Å². The minimum atomic E-state index is -0.568. The van der Waals surface area contributed by atoms with Gasteiger partial charge >= 0.3 is 6.09 Å². The Labute approximate surface area is 223 Å². The first-order valence-corrected chi connectivity index (χ1v) is 14.1. The van der Waals surface area contributed by atoms with E-state index in [2.05, 4.69) is 69.4 Å². The Morgan fingerprint density at radius 1 is 1.03 bits per heavy atom. The van der Waals surface area contributed by atoms with Crippen molar-refractivity contribution < 1.29 is 14.3 Å². The zero-order chi connectivity index (χ0) is 25.5. The van der Waals surface area contributed by atoms with Crippen molar-refractivity contribution in [2.75, 3.05) is 26.2 Å². The summed E-state index contributed by atoms with van der Waals surface area (Å²) in [4.78, 5) is 31.2. The number of benzene rings is 2. The van der Waals surface area contributed by atoms with Crippen molar-refractivity contribution in [1.29, 1.82) is 0 Å². The molecular formula is C30H37BrN2O3. The number of nitrogens with zero attached hydrogens (tertiary/aromatic N) is 2. The molecule has 2 saturated heterocycles. The Hall–Kier alpha value is -2.34. The molecule has 0 N–H and O–H groups in total. The van der Waals surface area contributed by atoms with Gasteiger partial charge in [-0.2, -0.15) is 0 Å². The highest BCUT2D eigenvalue weighted by atomic mass is 79.9. The van der Waals surface area contributed by atoms with Gasteiger partial charge in [-0.25, -0.2) is 4.79 Å². The predicted octanol–water partition coefficient (Wildman–Crippen LogP) is 6.30. The van der Waals surface area contributed by atoms with Gasteiger partial charge in [-0.05, 0) is 87.6 Å². The molecule has 192 valence electrons. The molecule has 2 amide bonds. The maximum atomic E-state index is 14.2. The van der Waals surface area contributed by atoms with E-state index in [1.54, 1.807) is 4.90 Å². The molecule has 1 spiro atoms. The molecule has 36 heavy (non-hydrogen) atoms. The third-order valence-electron chi connectivity index (χ3n) is 8.24. The summed E-state index contributed by atoms with van der Waals surface area (Å²) in [6, 6.07) is 17.1. The van der Waals surface area contributed by atoms with Crippen LogP contribution in [0.2, 0.25) is 0 Å². The predicted molar refractivity (Wildman–Crippen MR) is 145 cm³/mol. The number of hydrogen-bond donors (Lipinski definition) is 0. The Morgan fingerprint density at radius 2 is 1.75 bits per heavy atom. The molecule has 3 aliphatic rings. The number of aryl methyl sites for hydroxylation is 1. The third-order valence-corrected chi connectivity index (χ3v) is 8.74. The first kappa shape index (κ1) is 25.3. The third kappa shape index (κ3) is 4.93. The molecule has 0 bridgehead atoms. The lowest BCUT2D eigenvalue weighted by Gasteiger charge is -2.42. The SMILES string of the molecule is CC(C)(C)OC(=O)N1C[C@@H](C(=O)N2CCC(c3ccccc3)CC2)C2(CCCc3cc(Br)ccc32)C1. The van der Waals surface area contributed by atoms with E-state index in [1.807, 2.05) is 20.8 Å². The number of halogens is 1. The molecule has 2 aromatic rings. The van der Waals surface area contributed by atoms with Crippen LogP contribution in [0.5, 0.6) is 0 Å². The van der Waals surface area contributed by atoms with Gasteiger partial charge in [0.2, 0.25) is 5.91 Å². The van der Waals surface area contributed by atoms with Crippen LogP contribution in [0.25, 0.3) is 0 Å². The fourth-order valence-electron chi connectivity index (χ4n) is 6.58. The van der Waals surface area contributed by atoms with Gasteiger partial charge in [0, 0.05) is 36.1 Å². The van der Waals surface area contributed by atoms with E-state index in [1.165, 1.54) is 16.7 Å². The zero-order valence-corrected chi connectivity index (χ0v) is 23.2. The number of amides is 2. The topological polar surface area (TPSA) is 49.9 Å². The van der Waals surface area contributed by atoms with E-state index in [-0.39, 0.29) is 23.3 Å². The van der Waals surface area contributed by atoms with Crippen LogP contribution in [0.3, 0.4) is 0 Å². The molecule has 2 aliphatic heterocycles. The van der Waals surface area contributed by atoms with E-state index in [4.69, 9.17) is 4.74 Å². The van der Waals surface area contributed by atoms with Crippen molar-refractivity contribution in [3.05, 3.63) is 69.7 Å². The monoisotopic (exact) mass is 552 g/mol. The quantitative estimate of drug-likeness (QED) is 0.439. The Kier molecular flexibility index (Phi) is 6.92. The van der Waals surface area contributed by atoms with E-state index >= 15 is 0 Å². The summed E-state index contributed by atoms with van der Waals surface area (Å²) >= 11 is 3.63. The lowest BCUT2D eigenvalue weighted by molar-refractivity contribution is -0.138. The van der Waals surface area contributed by atoms with Gasteiger partial charge in [-0.1, -0.05) is 52.3 Å². The molecule has 1 unspecified atom stereocenters. The Balaban J connectivity index is 1.41. The zero-order valence-electron chi connectivity index (χ0n) is 21.6. The van der Waals surface area contributed by atoms with Crippen LogP contribution in [0.1, 0.15) is 69.1 Å². The summed E-state index contributed by atoms with van der Waals surface area (Å²) in [6.45, 7) is 8.17. The van der Waals surface area contributed by atoms with Gasteiger partial charge in [0.25, 0.3) is 0 Å². The van der Waals surface area contributed by atoms with Crippen LogP contribution >= 0.6 is 15.9 Å². The smallest absolute Gasteiger partial charge is 0.410 e. The van der Waals surface area contributed by atoms with Crippen molar-refractivity contribution in [3.63, 3.8) is 0 Å². The first-order chi connectivity index (χ1) is 17.2. The van der Waals surface area contributed by atoms with Gasteiger partial charge in [0.05, 0.1) is 5.92 Å². The average Bonchev–Trinajstić information content (AvgIpc) is 3.23. The first-order valence-electron chi connectivity index (χ1n) is 13.3. The van der Waals surface area contributed by atoms with Gasteiger partial charge in [-0.3, -0.25) is 4.79 Å². The summed E-state index contributed by atoms with van der Waals surface area (Å²) in [5, 5.41) is 0. The molecule has 5 rings (SSSR count). The molecule has 1 aliphatic carbocycles. The minimum Gasteiger partial charge on any atom is -0.444 e. The number of likely N-dealkylation sites (tertiary alicyclic amines) is 2. The van der Waals surface area contributed by atoms with Crippen molar-refractivity contribution >= 4 is 27.9 Å². The van der Waals surface area contributed by atoms with Crippen LogP contribution in [-0.2, 0) is 21.4 Å². The highest BCUT2D eigenvalue weighted by Gasteiger charge is 2.55. The van der Waals surface area contributed by atoms with Crippen LogP contribution in [0.15, 0.2) is 53.0 Å². The number of ether oxygens (including phenoxy) is 1. The number of rotatable bonds is 2. The van der Waals surface area contributed by atoms with Crippen molar-refractivity contribution in [2.45, 2.75) is 69.8 Å². The summed E-state index contributed by atoms with van der Waals surface area (Å²) in [5.41, 5.74) is 2.96. The second-order valence-corrected chi connectivity index (χ2v) is 12.7. The maximum absolute atomic E-state index is 14.2. The van der Waals surface area contributed by atoms with E-state index in [0.717, 1.165) is 49.7 Å². The molecule has 6 heteroatoms. The van der Waals surface area contributed by atoms with E-state index in [9.17, 15) is 9.59 Å². The largest absolute Gasteiger partial charge is 0.444 e. The molecule has 2 fully saturated rings. The summed E-state index contributed by atoms with van der Waals surface area (Å²) < 4.78 is 6.82. The van der Waals surface area contributed by atoms with Crippen molar-refractivity contribution in [3.8, 4) is 0 Å². The van der Waals surface area contributed by atoms with Crippen molar-refractivity contribution in [2.24, 2.45) is 5.92 Å². The van der Waals surface area contributed by atoms with Gasteiger partial charge in [-0.15, -0.1) is 0 Å². The minimum absolute atomic E-state index is 0.198. The van der Waals surface area contributed by atoms with Crippen LogP contribution in [0.4, 0.5) is 4.79 Å². The molecule has 2 atom stereocenters. The van der Waals surface area contributed by atoms with Gasteiger partial charge in [0.1, 0.15) is 5.60 Å².